The molecule has 1 atom stereocenters. The summed E-state index contributed by atoms with van der Waals surface area (Å²) in [6.07, 6.45) is 1.04. The number of amides is 2. The first-order valence-corrected chi connectivity index (χ1v) is 12.1. The SMILES string of the molecule is Cc1ccc(CNC(=O)C2(C)CN(S(C)(=O)=O)CC(=O)N2Cc2ccccc2Cl)cc1. The lowest BCUT2D eigenvalue weighted by Gasteiger charge is -2.46. The highest BCUT2D eigenvalue weighted by Crippen LogP contribution is 2.28. The summed E-state index contributed by atoms with van der Waals surface area (Å²) >= 11 is 6.27. The Morgan fingerprint density at radius 1 is 1.16 bits per heavy atom. The highest BCUT2D eigenvalue weighted by Gasteiger charge is 2.49. The molecule has 0 radical (unpaired) electrons. The van der Waals surface area contributed by atoms with Gasteiger partial charge in [0.05, 0.1) is 12.8 Å². The molecular weight excluding hydrogens is 438 g/mol. The van der Waals surface area contributed by atoms with Crippen LogP contribution in [0.5, 0.6) is 0 Å². The van der Waals surface area contributed by atoms with Gasteiger partial charge in [-0.1, -0.05) is 59.6 Å². The van der Waals surface area contributed by atoms with Crippen molar-refractivity contribution in [3.05, 3.63) is 70.2 Å². The number of halogens is 1. The number of carbonyl (C=O) groups excluding carboxylic acids is 2. The van der Waals surface area contributed by atoms with Gasteiger partial charge in [-0.05, 0) is 31.0 Å². The summed E-state index contributed by atoms with van der Waals surface area (Å²) in [5.74, 6) is -0.883. The summed E-state index contributed by atoms with van der Waals surface area (Å²) in [5, 5.41) is 3.34. The molecule has 1 saturated heterocycles. The fourth-order valence-electron chi connectivity index (χ4n) is 3.56. The van der Waals surface area contributed by atoms with Crippen LogP contribution in [-0.2, 0) is 32.7 Å². The Balaban J connectivity index is 1.89. The van der Waals surface area contributed by atoms with Crippen molar-refractivity contribution in [3.8, 4) is 0 Å². The second-order valence-corrected chi connectivity index (χ2v) is 10.4. The van der Waals surface area contributed by atoms with E-state index in [0.717, 1.165) is 21.7 Å². The van der Waals surface area contributed by atoms with Crippen molar-refractivity contribution in [3.63, 3.8) is 0 Å². The molecule has 9 heteroatoms. The molecule has 7 nitrogen and oxygen atoms in total. The lowest BCUT2D eigenvalue weighted by molar-refractivity contribution is -0.153. The number of benzene rings is 2. The first-order chi connectivity index (χ1) is 14.5. The zero-order chi connectivity index (χ0) is 22.8. The minimum absolute atomic E-state index is 0.102. The van der Waals surface area contributed by atoms with Crippen molar-refractivity contribution in [1.82, 2.24) is 14.5 Å². The van der Waals surface area contributed by atoms with E-state index in [1.165, 1.54) is 4.90 Å². The number of nitrogens with zero attached hydrogens (tertiary/aromatic N) is 2. The number of carbonyl (C=O) groups is 2. The number of aryl methyl sites for hydroxylation is 1. The quantitative estimate of drug-likeness (QED) is 0.712. The van der Waals surface area contributed by atoms with E-state index >= 15 is 0 Å². The summed E-state index contributed by atoms with van der Waals surface area (Å²) in [6.45, 7) is 3.48. The average Bonchev–Trinajstić information content (AvgIpc) is 2.70. The third-order valence-corrected chi connectivity index (χ3v) is 7.08. The zero-order valence-corrected chi connectivity index (χ0v) is 19.3. The molecular formula is C22H26ClN3O4S. The first-order valence-electron chi connectivity index (χ1n) is 9.83. The molecule has 2 aromatic rings. The van der Waals surface area contributed by atoms with Crippen LogP contribution in [0.3, 0.4) is 0 Å². The van der Waals surface area contributed by atoms with Crippen LogP contribution in [0.2, 0.25) is 5.02 Å². The van der Waals surface area contributed by atoms with Crippen molar-refractivity contribution in [2.24, 2.45) is 0 Å². The lowest BCUT2D eigenvalue weighted by atomic mass is 9.94. The Morgan fingerprint density at radius 3 is 2.42 bits per heavy atom. The molecule has 3 rings (SSSR count). The summed E-state index contributed by atoms with van der Waals surface area (Å²) in [6, 6.07) is 14.8. The van der Waals surface area contributed by atoms with Gasteiger partial charge < -0.3 is 10.2 Å². The molecule has 0 bridgehead atoms. The van der Waals surface area contributed by atoms with Gasteiger partial charge in [0.25, 0.3) is 0 Å². The predicted molar refractivity (Wildman–Crippen MR) is 120 cm³/mol. The van der Waals surface area contributed by atoms with Crippen molar-refractivity contribution in [2.75, 3.05) is 19.3 Å². The van der Waals surface area contributed by atoms with Gasteiger partial charge in [0, 0.05) is 24.7 Å². The van der Waals surface area contributed by atoms with E-state index < -0.39 is 27.4 Å². The standard InChI is InChI=1S/C22H26ClN3O4S/c1-16-8-10-17(11-9-16)12-24-21(28)22(2)15-25(31(3,29)30)14-20(27)26(22)13-18-6-4-5-7-19(18)23/h4-11H,12-15H2,1-3H3,(H,24,28). The Labute approximate surface area is 188 Å². The van der Waals surface area contributed by atoms with Gasteiger partial charge in [0.15, 0.2) is 0 Å². The summed E-state index contributed by atoms with van der Waals surface area (Å²) in [5.41, 5.74) is 1.29. The molecule has 1 heterocycles. The molecule has 0 saturated carbocycles. The van der Waals surface area contributed by atoms with E-state index in [-0.39, 0.29) is 26.2 Å². The van der Waals surface area contributed by atoms with Gasteiger partial charge in [-0.3, -0.25) is 9.59 Å². The zero-order valence-electron chi connectivity index (χ0n) is 17.8. The first kappa shape index (κ1) is 23.2. The summed E-state index contributed by atoms with van der Waals surface area (Å²) in [7, 11) is -3.66. The molecule has 31 heavy (non-hydrogen) atoms. The van der Waals surface area contributed by atoms with E-state index in [1.54, 1.807) is 31.2 Å². The van der Waals surface area contributed by atoms with Crippen LogP contribution >= 0.6 is 11.6 Å². The minimum Gasteiger partial charge on any atom is -0.350 e. The third-order valence-electron chi connectivity index (χ3n) is 5.51. The molecule has 166 valence electrons. The van der Waals surface area contributed by atoms with E-state index in [1.807, 2.05) is 31.2 Å². The maximum atomic E-state index is 13.3. The number of sulfonamides is 1. The average molecular weight is 464 g/mol. The minimum atomic E-state index is -3.66. The van der Waals surface area contributed by atoms with Crippen LogP contribution < -0.4 is 5.32 Å². The van der Waals surface area contributed by atoms with Gasteiger partial charge in [-0.15, -0.1) is 0 Å². The molecule has 0 aromatic heterocycles. The van der Waals surface area contributed by atoms with Gasteiger partial charge in [0.1, 0.15) is 5.54 Å². The molecule has 1 aliphatic rings. The molecule has 1 aliphatic heterocycles. The van der Waals surface area contributed by atoms with Crippen LogP contribution in [0.4, 0.5) is 0 Å². The van der Waals surface area contributed by atoms with Gasteiger partial charge in [0.2, 0.25) is 21.8 Å². The van der Waals surface area contributed by atoms with E-state index in [2.05, 4.69) is 5.32 Å². The lowest BCUT2D eigenvalue weighted by Crippen LogP contribution is -2.69. The largest absolute Gasteiger partial charge is 0.350 e. The molecule has 1 fully saturated rings. The van der Waals surface area contributed by atoms with Crippen molar-refractivity contribution >= 4 is 33.4 Å². The summed E-state index contributed by atoms with van der Waals surface area (Å²) in [4.78, 5) is 27.7. The van der Waals surface area contributed by atoms with Crippen molar-refractivity contribution < 1.29 is 18.0 Å². The smallest absolute Gasteiger partial charge is 0.247 e. The van der Waals surface area contributed by atoms with Crippen LogP contribution in [0.15, 0.2) is 48.5 Å². The number of hydrogen-bond donors (Lipinski definition) is 1. The van der Waals surface area contributed by atoms with Crippen molar-refractivity contribution in [2.45, 2.75) is 32.5 Å². The number of nitrogens with one attached hydrogen (secondary N) is 1. The fraction of sp³-hybridized carbons (Fsp3) is 0.364. The van der Waals surface area contributed by atoms with Gasteiger partial charge in [-0.2, -0.15) is 4.31 Å². The highest BCUT2D eigenvalue weighted by atomic mass is 35.5. The van der Waals surface area contributed by atoms with E-state index in [0.29, 0.717) is 10.6 Å². The molecule has 0 spiro atoms. The Hall–Kier alpha value is -2.42. The Morgan fingerprint density at radius 2 is 1.81 bits per heavy atom. The topological polar surface area (TPSA) is 86.8 Å². The Bertz CT molecular complexity index is 1090. The van der Waals surface area contributed by atoms with Crippen LogP contribution in [0.1, 0.15) is 23.6 Å². The molecule has 1 N–H and O–H groups in total. The fourth-order valence-corrected chi connectivity index (χ4v) is 4.59. The number of rotatable bonds is 6. The number of piperazine rings is 1. The summed E-state index contributed by atoms with van der Waals surface area (Å²) < 4.78 is 25.4. The molecule has 2 amide bonds. The predicted octanol–water partition coefficient (Wildman–Crippen LogP) is 2.33. The maximum Gasteiger partial charge on any atom is 0.247 e. The van der Waals surface area contributed by atoms with E-state index in [4.69, 9.17) is 11.6 Å². The highest BCUT2D eigenvalue weighted by molar-refractivity contribution is 7.88. The van der Waals surface area contributed by atoms with Gasteiger partial charge >= 0.3 is 0 Å². The van der Waals surface area contributed by atoms with Crippen LogP contribution in [-0.4, -0.2) is 54.3 Å². The molecule has 0 aliphatic carbocycles. The van der Waals surface area contributed by atoms with E-state index in [9.17, 15) is 18.0 Å². The van der Waals surface area contributed by atoms with Crippen LogP contribution in [0, 0.1) is 6.92 Å². The maximum absolute atomic E-state index is 13.3. The van der Waals surface area contributed by atoms with Crippen molar-refractivity contribution in [1.29, 1.82) is 0 Å². The molecule has 1 unspecified atom stereocenters. The van der Waals surface area contributed by atoms with Crippen LogP contribution in [0.25, 0.3) is 0 Å². The monoisotopic (exact) mass is 463 g/mol. The second kappa shape index (κ2) is 8.98. The third kappa shape index (κ3) is 5.26. The second-order valence-electron chi connectivity index (χ2n) is 8.04. The normalized spacial score (nSPS) is 20.0. The Kier molecular flexibility index (Phi) is 6.73. The molecule has 2 aromatic carbocycles. The van der Waals surface area contributed by atoms with Gasteiger partial charge in [-0.25, -0.2) is 8.42 Å². The number of hydrogen-bond acceptors (Lipinski definition) is 4.